The summed E-state index contributed by atoms with van der Waals surface area (Å²) in [4.78, 5) is 0. The molecule has 0 aliphatic rings. The molecule has 0 radical (unpaired) electrons. The van der Waals surface area contributed by atoms with Crippen LogP contribution in [0.25, 0.3) is 0 Å². The third-order valence-electron chi connectivity index (χ3n) is 1.71. The van der Waals surface area contributed by atoms with Crippen molar-refractivity contribution >= 4 is 7.81 Å². The molecule has 0 spiro atoms. The van der Waals surface area contributed by atoms with Gasteiger partial charge in [0, 0.05) is 0 Å². The molecule has 0 atom stereocenters. The first-order valence-electron chi connectivity index (χ1n) is 5.43. The van der Waals surface area contributed by atoms with E-state index in [4.69, 9.17) is 0 Å². The van der Waals surface area contributed by atoms with E-state index in [1.807, 2.05) is 0 Å². The van der Waals surface area contributed by atoms with Crippen LogP contribution in [0, 0.1) is 0 Å². The molecule has 9 heteroatoms. The van der Waals surface area contributed by atoms with E-state index in [2.05, 4.69) is 41.7 Å². The van der Waals surface area contributed by atoms with E-state index in [0.29, 0.717) is 0 Å². The summed E-state index contributed by atoms with van der Waals surface area (Å²) in [5.74, 6) is 0. The van der Waals surface area contributed by atoms with E-state index < -0.39 is 7.81 Å². The molecule has 18 heavy (non-hydrogen) atoms. The Balaban J connectivity index is 0.000000360. The van der Waals surface area contributed by atoms with Gasteiger partial charge in [0.1, 0.15) is 12.4 Å². The quantitative estimate of drug-likeness (QED) is 0.421. The SMILES string of the molecule is CCCn1cc[n+](CCC)c1.F[P-](F)(F)(F)(F)F. The number of nitrogens with zero attached hydrogens (tertiary/aromatic N) is 2. The van der Waals surface area contributed by atoms with Gasteiger partial charge in [-0.15, -0.1) is 0 Å². The second-order valence-electron chi connectivity index (χ2n) is 3.85. The molecule has 110 valence electrons. The molecule has 0 N–H and O–H groups in total. The van der Waals surface area contributed by atoms with Crippen molar-refractivity contribution in [3.8, 4) is 0 Å². The molecule has 0 saturated heterocycles. The number of aryl methyl sites for hydroxylation is 2. The average Bonchev–Trinajstić information content (AvgIpc) is 2.48. The van der Waals surface area contributed by atoms with Crippen molar-refractivity contribution in [2.24, 2.45) is 0 Å². The van der Waals surface area contributed by atoms with Crippen molar-refractivity contribution in [3.05, 3.63) is 18.7 Å². The predicted octanol–water partition coefficient (Wildman–Crippen LogP) is 4.98. The number of hydrogen-bond acceptors (Lipinski definition) is 0. The number of imidazole rings is 1. The van der Waals surface area contributed by atoms with Gasteiger partial charge in [-0.1, -0.05) is 13.8 Å². The van der Waals surface area contributed by atoms with Gasteiger partial charge in [0.15, 0.2) is 0 Å². The molecule has 0 aliphatic heterocycles. The molecule has 1 rings (SSSR count). The van der Waals surface area contributed by atoms with Gasteiger partial charge in [-0.3, -0.25) is 0 Å². The molecule has 0 amide bonds. The summed E-state index contributed by atoms with van der Waals surface area (Å²) < 4.78 is 63.7. The fourth-order valence-electron chi connectivity index (χ4n) is 1.22. The number of hydrogen-bond donors (Lipinski definition) is 0. The Morgan fingerprint density at radius 3 is 1.89 bits per heavy atom. The maximum absolute atomic E-state index is 10.7. The minimum absolute atomic E-state index is 1.14. The third-order valence-corrected chi connectivity index (χ3v) is 1.71. The van der Waals surface area contributed by atoms with Gasteiger partial charge in [-0.25, -0.2) is 9.13 Å². The van der Waals surface area contributed by atoms with Crippen LogP contribution in [0.3, 0.4) is 0 Å². The van der Waals surface area contributed by atoms with Crippen LogP contribution < -0.4 is 4.57 Å². The van der Waals surface area contributed by atoms with Crippen molar-refractivity contribution < 1.29 is 29.7 Å². The van der Waals surface area contributed by atoms with Crippen LogP contribution in [0.1, 0.15) is 26.7 Å². The zero-order chi connectivity index (χ0) is 14.5. The summed E-state index contributed by atoms with van der Waals surface area (Å²) in [6.45, 7) is 6.67. The maximum atomic E-state index is 9.87. The minimum atomic E-state index is -10.7. The summed E-state index contributed by atoms with van der Waals surface area (Å²) >= 11 is 0. The van der Waals surface area contributed by atoms with Gasteiger partial charge in [0.25, 0.3) is 0 Å². The average molecular weight is 298 g/mol. The fourth-order valence-corrected chi connectivity index (χ4v) is 1.22. The molecule has 0 aromatic carbocycles. The Hall–Kier alpha value is -0.780. The molecule has 1 aromatic rings. The van der Waals surface area contributed by atoms with Gasteiger partial charge in [-0.05, 0) is 12.8 Å². The molecule has 0 fully saturated rings. The summed E-state index contributed by atoms with van der Waals surface area (Å²) in [5, 5.41) is 0. The molecule has 0 bridgehead atoms. The first-order chi connectivity index (χ1) is 7.81. The van der Waals surface area contributed by atoms with Crippen LogP contribution in [0.2, 0.25) is 0 Å². The Morgan fingerprint density at radius 2 is 1.50 bits per heavy atom. The second-order valence-corrected chi connectivity index (χ2v) is 5.76. The van der Waals surface area contributed by atoms with Crippen molar-refractivity contribution in [2.45, 2.75) is 39.8 Å². The van der Waals surface area contributed by atoms with E-state index in [1.54, 1.807) is 0 Å². The Kier molecular flexibility index (Phi) is 4.85. The molecular formula is C9H17F6N2P. The molecule has 2 nitrogen and oxygen atoms in total. The van der Waals surface area contributed by atoms with Crippen LogP contribution >= 0.6 is 7.81 Å². The molecule has 0 unspecified atom stereocenters. The van der Waals surface area contributed by atoms with Crippen LogP contribution in [0.15, 0.2) is 18.7 Å². The summed E-state index contributed by atoms with van der Waals surface area (Å²) in [6, 6.07) is 0. The number of rotatable bonds is 4. The fraction of sp³-hybridized carbons (Fsp3) is 0.667. The van der Waals surface area contributed by atoms with Gasteiger partial charge >= 0.3 is 33.0 Å². The van der Waals surface area contributed by atoms with E-state index in [1.165, 1.54) is 12.8 Å². The van der Waals surface area contributed by atoms with Crippen LogP contribution in [-0.4, -0.2) is 4.57 Å². The van der Waals surface area contributed by atoms with Crippen LogP contribution in [0.4, 0.5) is 25.2 Å². The predicted molar refractivity (Wildman–Crippen MR) is 58.8 cm³/mol. The Bertz CT molecular complexity index is 336. The van der Waals surface area contributed by atoms with Crippen molar-refractivity contribution in [2.75, 3.05) is 0 Å². The van der Waals surface area contributed by atoms with Crippen molar-refractivity contribution in [1.82, 2.24) is 4.57 Å². The van der Waals surface area contributed by atoms with Crippen LogP contribution in [0.5, 0.6) is 0 Å². The van der Waals surface area contributed by atoms with E-state index in [9.17, 15) is 25.2 Å². The Labute approximate surface area is 101 Å². The van der Waals surface area contributed by atoms with Crippen molar-refractivity contribution in [3.63, 3.8) is 0 Å². The molecule has 0 saturated carbocycles. The molecule has 1 aromatic heterocycles. The normalized spacial score (nSPS) is 15.3. The van der Waals surface area contributed by atoms with Gasteiger partial charge in [0.2, 0.25) is 6.33 Å². The second kappa shape index (κ2) is 5.07. The molecule has 0 aliphatic carbocycles. The third kappa shape index (κ3) is 15.2. The van der Waals surface area contributed by atoms with Gasteiger partial charge in [-0.2, -0.15) is 0 Å². The molecule has 1 heterocycles. The summed E-state index contributed by atoms with van der Waals surface area (Å²) in [7, 11) is -10.7. The topological polar surface area (TPSA) is 8.81 Å². The summed E-state index contributed by atoms with van der Waals surface area (Å²) in [6.07, 6.45) is 8.87. The molecular weight excluding hydrogens is 281 g/mol. The van der Waals surface area contributed by atoms with E-state index in [-0.39, 0.29) is 0 Å². The van der Waals surface area contributed by atoms with Gasteiger partial charge in [0.05, 0.1) is 13.1 Å². The number of halogens is 6. The first kappa shape index (κ1) is 17.2. The number of aromatic nitrogens is 2. The van der Waals surface area contributed by atoms with Crippen LogP contribution in [-0.2, 0) is 13.1 Å². The van der Waals surface area contributed by atoms with E-state index in [0.717, 1.165) is 13.1 Å². The Morgan fingerprint density at radius 1 is 1.00 bits per heavy atom. The summed E-state index contributed by atoms with van der Waals surface area (Å²) in [5.41, 5.74) is 0. The van der Waals surface area contributed by atoms with Crippen molar-refractivity contribution in [1.29, 1.82) is 0 Å². The monoisotopic (exact) mass is 298 g/mol. The van der Waals surface area contributed by atoms with Gasteiger partial charge < -0.3 is 0 Å². The zero-order valence-electron chi connectivity index (χ0n) is 10.2. The zero-order valence-corrected chi connectivity index (χ0v) is 11.1. The van der Waals surface area contributed by atoms with E-state index >= 15 is 0 Å². The standard InChI is InChI=1S/C9H17N2.F6P/c1-3-5-10-7-8-11(9-10)6-4-2;1-7(2,3,4,5)6/h7-9H,3-6H2,1-2H3;/q+1;-1. The first-order valence-corrected chi connectivity index (χ1v) is 7.46.